The zero-order valence-corrected chi connectivity index (χ0v) is 11.2. The van der Waals surface area contributed by atoms with Gasteiger partial charge in [0.05, 0.1) is 0 Å². The summed E-state index contributed by atoms with van der Waals surface area (Å²) in [6, 6.07) is 12.4. The molecule has 6 heteroatoms. The number of hydrogen-bond acceptors (Lipinski definition) is 4. The fourth-order valence-corrected chi connectivity index (χ4v) is 1.66. The highest BCUT2D eigenvalue weighted by atomic mass is 19.1. The molecule has 0 bridgehead atoms. The first-order valence-corrected chi connectivity index (χ1v) is 6.31. The Hall–Kier alpha value is -2.60. The van der Waals surface area contributed by atoms with Crippen molar-refractivity contribution in [3.8, 4) is 11.5 Å². The lowest BCUT2D eigenvalue weighted by atomic mass is 10.2. The van der Waals surface area contributed by atoms with Crippen molar-refractivity contribution in [1.29, 1.82) is 0 Å². The van der Waals surface area contributed by atoms with E-state index in [0.717, 1.165) is 0 Å². The summed E-state index contributed by atoms with van der Waals surface area (Å²) < 4.78 is 23.6. The molecule has 0 aliphatic carbocycles. The Morgan fingerprint density at radius 2 is 1.71 bits per heavy atom. The Balaban J connectivity index is 1.80. The average molecular weight is 290 g/mol. The molecule has 2 aromatic carbocycles. The summed E-state index contributed by atoms with van der Waals surface area (Å²) in [5.41, 5.74) is 2.46. The van der Waals surface area contributed by atoms with Gasteiger partial charge in [-0.2, -0.15) is 0 Å². The SMILES string of the molecule is NNC(=O)c1cccc(OCCOc2ccc(F)cc2)c1. The number of ether oxygens (including phenoxy) is 2. The first kappa shape index (κ1) is 14.8. The van der Waals surface area contributed by atoms with E-state index >= 15 is 0 Å². The van der Waals surface area contributed by atoms with Gasteiger partial charge in [-0.25, -0.2) is 10.2 Å². The van der Waals surface area contributed by atoms with Crippen LogP contribution in [0.2, 0.25) is 0 Å². The zero-order valence-electron chi connectivity index (χ0n) is 11.2. The van der Waals surface area contributed by atoms with Crippen LogP contribution in [0.3, 0.4) is 0 Å². The van der Waals surface area contributed by atoms with E-state index in [0.29, 0.717) is 30.3 Å². The lowest BCUT2D eigenvalue weighted by Gasteiger charge is -2.09. The van der Waals surface area contributed by atoms with Gasteiger partial charge in [0.25, 0.3) is 5.91 Å². The summed E-state index contributed by atoms with van der Waals surface area (Å²) in [6.45, 7) is 0.601. The maximum atomic E-state index is 12.7. The smallest absolute Gasteiger partial charge is 0.265 e. The zero-order chi connectivity index (χ0) is 15.1. The van der Waals surface area contributed by atoms with E-state index in [1.807, 2.05) is 0 Å². The van der Waals surface area contributed by atoms with Gasteiger partial charge in [0.1, 0.15) is 30.5 Å². The summed E-state index contributed by atoms with van der Waals surface area (Å²) >= 11 is 0. The summed E-state index contributed by atoms with van der Waals surface area (Å²) in [5, 5.41) is 0. The molecule has 1 amide bonds. The quantitative estimate of drug-likeness (QED) is 0.369. The van der Waals surface area contributed by atoms with Crippen LogP contribution in [-0.4, -0.2) is 19.1 Å². The number of nitrogens with two attached hydrogens (primary N) is 1. The molecule has 0 saturated carbocycles. The van der Waals surface area contributed by atoms with E-state index in [1.54, 1.807) is 36.4 Å². The Kier molecular flexibility index (Phi) is 5.11. The molecule has 0 spiro atoms. The molecule has 0 unspecified atom stereocenters. The van der Waals surface area contributed by atoms with Crippen LogP contribution in [0.5, 0.6) is 11.5 Å². The van der Waals surface area contributed by atoms with Gasteiger partial charge in [0.15, 0.2) is 0 Å². The number of amides is 1. The monoisotopic (exact) mass is 290 g/mol. The molecule has 0 aromatic heterocycles. The van der Waals surface area contributed by atoms with Gasteiger partial charge in [0.2, 0.25) is 0 Å². The second-order valence-electron chi connectivity index (χ2n) is 4.15. The van der Waals surface area contributed by atoms with Gasteiger partial charge in [-0.05, 0) is 42.5 Å². The number of carbonyl (C=O) groups excluding carboxylic acids is 1. The van der Waals surface area contributed by atoms with Crippen molar-refractivity contribution in [3.05, 3.63) is 59.9 Å². The Labute approximate surface area is 121 Å². The molecule has 0 aliphatic heterocycles. The molecule has 0 atom stereocenters. The van der Waals surface area contributed by atoms with Crippen LogP contribution in [-0.2, 0) is 0 Å². The minimum absolute atomic E-state index is 0.297. The summed E-state index contributed by atoms with van der Waals surface area (Å²) in [4.78, 5) is 11.4. The van der Waals surface area contributed by atoms with Gasteiger partial charge in [-0.15, -0.1) is 0 Å². The number of halogens is 1. The van der Waals surface area contributed by atoms with Crippen molar-refractivity contribution in [2.45, 2.75) is 0 Å². The van der Waals surface area contributed by atoms with Gasteiger partial charge in [-0.1, -0.05) is 6.07 Å². The number of carbonyl (C=O) groups is 1. The first-order valence-electron chi connectivity index (χ1n) is 6.31. The molecular weight excluding hydrogens is 275 g/mol. The third-order valence-electron chi connectivity index (χ3n) is 2.66. The first-order chi connectivity index (χ1) is 10.2. The van der Waals surface area contributed by atoms with Gasteiger partial charge < -0.3 is 9.47 Å². The molecule has 0 aliphatic rings. The predicted octanol–water partition coefficient (Wildman–Crippen LogP) is 1.89. The second-order valence-corrected chi connectivity index (χ2v) is 4.15. The van der Waals surface area contributed by atoms with Crippen molar-refractivity contribution in [3.63, 3.8) is 0 Å². The number of benzene rings is 2. The minimum atomic E-state index is -0.386. The molecule has 0 fully saturated rings. The molecular formula is C15H15FN2O3. The molecule has 0 radical (unpaired) electrons. The predicted molar refractivity (Wildman–Crippen MR) is 75.5 cm³/mol. The Bertz CT molecular complexity index is 602. The lowest BCUT2D eigenvalue weighted by Crippen LogP contribution is -2.29. The third kappa shape index (κ3) is 4.47. The number of hydrogen-bond donors (Lipinski definition) is 2. The lowest BCUT2D eigenvalue weighted by molar-refractivity contribution is 0.0953. The summed E-state index contributed by atoms with van der Waals surface area (Å²) in [7, 11) is 0. The maximum Gasteiger partial charge on any atom is 0.265 e. The van der Waals surface area contributed by atoms with Crippen molar-refractivity contribution in [2.24, 2.45) is 5.84 Å². The molecule has 0 heterocycles. The van der Waals surface area contributed by atoms with Crippen LogP contribution in [0.15, 0.2) is 48.5 Å². The fraction of sp³-hybridized carbons (Fsp3) is 0.133. The number of nitrogens with one attached hydrogen (secondary N) is 1. The number of rotatable bonds is 6. The largest absolute Gasteiger partial charge is 0.490 e. The van der Waals surface area contributed by atoms with E-state index in [-0.39, 0.29) is 11.7 Å². The Morgan fingerprint density at radius 3 is 2.38 bits per heavy atom. The van der Waals surface area contributed by atoms with Crippen LogP contribution >= 0.6 is 0 Å². The normalized spacial score (nSPS) is 10.0. The number of nitrogen functional groups attached to an aromatic ring is 1. The molecule has 3 N–H and O–H groups in total. The molecule has 0 saturated heterocycles. The highest BCUT2D eigenvalue weighted by Crippen LogP contribution is 2.14. The van der Waals surface area contributed by atoms with Crippen molar-refractivity contribution in [1.82, 2.24) is 5.43 Å². The van der Waals surface area contributed by atoms with E-state index in [9.17, 15) is 9.18 Å². The highest BCUT2D eigenvalue weighted by Gasteiger charge is 2.04. The molecule has 21 heavy (non-hydrogen) atoms. The average Bonchev–Trinajstić information content (AvgIpc) is 2.53. The van der Waals surface area contributed by atoms with Crippen molar-refractivity contribution in [2.75, 3.05) is 13.2 Å². The van der Waals surface area contributed by atoms with Crippen molar-refractivity contribution < 1.29 is 18.7 Å². The van der Waals surface area contributed by atoms with E-state index in [4.69, 9.17) is 15.3 Å². The fourth-order valence-electron chi connectivity index (χ4n) is 1.66. The maximum absolute atomic E-state index is 12.7. The molecule has 2 aromatic rings. The topological polar surface area (TPSA) is 73.6 Å². The summed E-state index contributed by atoms with van der Waals surface area (Å²) in [6.07, 6.45) is 0. The minimum Gasteiger partial charge on any atom is -0.490 e. The van der Waals surface area contributed by atoms with Gasteiger partial charge >= 0.3 is 0 Å². The van der Waals surface area contributed by atoms with E-state index in [2.05, 4.69) is 5.43 Å². The highest BCUT2D eigenvalue weighted by molar-refractivity contribution is 5.94. The van der Waals surface area contributed by atoms with Crippen LogP contribution in [0.1, 0.15) is 10.4 Å². The molecule has 5 nitrogen and oxygen atoms in total. The van der Waals surface area contributed by atoms with Gasteiger partial charge in [0, 0.05) is 5.56 Å². The van der Waals surface area contributed by atoms with Crippen LogP contribution in [0.4, 0.5) is 4.39 Å². The standard InChI is InChI=1S/C15H15FN2O3/c16-12-4-6-13(7-5-12)20-8-9-21-14-3-1-2-11(10-14)15(19)18-17/h1-7,10H,8-9,17H2,(H,18,19). The van der Waals surface area contributed by atoms with Crippen molar-refractivity contribution >= 4 is 5.91 Å². The molecule has 2 rings (SSSR count). The van der Waals surface area contributed by atoms with Gasteiger partial charge in [-0.3, -0.25) is 10.2 Å². The third-order valence-corrected chi connectivity index (χ3v) is 2.66. The summed E-state index contributed by atoms with van der Waals surface area (Å²) in [5.74, 6) is 5.47. The van der Waals surface area contributed by atoms with E-state index in [1.165, 1.54) is 12.1 Å². The Morgan fingerprint density at radius 1 is 1.05 bits per heavy atom. The molecule has 110 valence electrons. The number of hydrazine groups is 1. The van der Waals surface area contributed by atoms with E-state index < -0.39 is 0 Å². The van der Waals surface area contributed by atoms with Crippen LogP contribution in [0.25, 0.3) is 0 Å². The second kappa shape index (κ2) is 7.25. The van der Waals surface area contributed by atoms with Crippen LogP contribution in [0, 0.1) is 5.82 Å². The van der Waals surface area contributed by atoms with Crippen LogP contribution < -0.4 is 20.7 Å².